The summed E-state index contributed by atoms with van der Waals surface area (Å²) in [6.45, 7) is 5.06. The largest absolute Gasteiger partial charge is 0.472 e. The van der Waals surface area contributed by atoms with Crippen LogP contribution in [-0.2, 0) is 6.61 Å². The molecular formula is C22H23N5O. The number of rotatable bonds is 2. The lowest BCUT2D eigenvalue weighted by molar-refractivity contribution is 0.126. The fourth-order valence-electron chi connectivity index (χ4n) is 4.64. The molecule has 0 amide bonds. The minimum Gasteiger partial charge on any atom is -0.472 e. The van der Waals surface area contributed by atoms with Crippen molar-refractivity contribution in [2.24, 2.45) is 5.41 Å². The van der Waals surface area contributed by atoms with Crippen molar-refractivity contribution < 1.29 is 4.74 Å². The van der Waals surface area contributed by atoms with E-state index in [4.69, 9.17) is 9.72 Å². The number of piperidine rings is 1. The van der Waals surface area contributed by atoms with Crippen LogP contribution in [0.4, 0.5) is 5.82 Å². The van der Waals surface area contributed by atoms with E-state index in [9.17, 15) is 0 Å². The summed E-state index contributed by atoms with van der Waals surface area (Å²) in [5.41, 5.74) is 5.05. The van der Waals surface area contributed by atoms with Crippen LogP contribution in [0.1, 0.15) is 18.4 Å². The number of aromatic nitrogens is 3. The van der Waals surface area contributed by atoms with E-state index in [1.165, 1.54) is 37.1 Å². The van der Waals surface area contributed by atoms with Crippen LogP contribution >= 0.6 is 0 Å². The third-order valence-corrected chi connectivity index (χ3v) is 6.51. The van der Waals surface area contributed by atoms with Crippen LogP contribution in [0, 0.1) is 5.41 Å². The van der Waals surface area contributed by atoms with E-state index < -0.39 is 0 Å². The fraction of sp³-hybridized carbons (Fsp3) is 0.364. The molecule has 6 rings (SSSR count). The van der Waals surface area contributed by atoms with Gasteiger partial charge in [-0.05, 0) is 59.7 Å². The summed E-state index contributed by atoms with van der Waals surface area (Å²) in [6, 6.07) is 12.7. The van der Waals surface area contributed by atoms with E-state index in [2.05, 4.69) is 45.6 Å². The molecule has 3 aliphatic rings. The Hall–Kier alpha value is -2.86. The molecule has 5 heterocycles. The molecular weight excluding hydrogens is 350 g/mol. The van der Waals surface area contributed by atoms with Gasteiger partial charge in [0.05, 0.1) is 5.69 Å². The number of hydrogen-bond acceptors (Lipinski definition) is 5. The second kappa shape index (κ2) is 6.07. The number of nitrogens with zero attached hydrogens (tertiary/aromatic N) is 4. The molecule has 1 aromatic carbocycles. The third kappa shape index (κ3) is 2.52. The normalized spacial score (nSPS) is 19.5. The zero-order valence-electron chi connectivity index (χ0n) is 15.8. The fourth-order valence-corrected chi connectivity index (χ4v) is 4.64. The number of fused-ring (bicyclic) bond motifs is 3. The summed E-state index contributed by atoms with van der Waals surface area (Å²) in [5, 5.41) is 7.75. The van der Waals surface area contributed by atoms with E-state index in [-0.39, 0.29) is 0 Å². The van der Waals surface area contributed by atoms with Crippen LogP contribution in [0.5, 0.6) is 5.88 Å². The number of nitrogens with one attached hydrogen (secondary N) is 1. The number of anilines is 1. The average Bonchev–Trinajstić information content (AvgIpc) is 3.27. The molecule has 1 N–H and O–H groups in total. The highest BCUT2D eigenvalue weighted by Crippen LogP contribution is 2.40. The molecule has 2 aromatic heterocycles. The molecule has 2 fully saturated rings. The summed E-state index contributed by atoms with van der Waals surface area (Å²) >= 11 is 0. The van der Waals surface area contributed by atoms with Crippen LogP contribution in [0.25, 0.3) is 16.8 Å². The van der Waals surface area contributed by atoms with Crippen molar-refractivity contribution in [2.45, 2.75) is 19.4 Å². The number of benzene rings is 1. The van der Waals surface area contributed by atoms with Crippen molar-refractivity contribution in [3.05, 3.63) is 54.4 Å². The minimum atomic E-state index is 0.544. The molecule has 0 aliphatic carbocycles. The van der Waals surface area contributed by atoms with Gasteiger partial charge in [-0.2, -0.15) is 10.1 Å². The molecule has 3 aliphatic heterocycles. The minimum absolute atomic E-state index is 0.544. The Morgan fingerprint density at radius 1 is 1.04 bits per heavy atom. The van der Waals surface area contributed by atoms with Crippen molar-refractivity contribution in [2.75, 3.05) is 31.1 Å². The zero-order valence-corrected chi connectivity index (χ0v) is 15.8. The smallest absolute Gasteiger partial charge is 0.223 e. The molecule has 6 heteroatoms. The summed E-state index contributed by atoms with van der Waals surface area (Å²) in [6.07, 6.45) is 6.24. The maximum absolute atomic E-state index is 6.05. The maximum atomic E-state index is 6.05. The third-order valence-electron chi connectivity index (χ3n) is 6.51. The molecule has 142 valence electrons. The van der Waals surface area contributed by atoms with Gasteiger partial charge in [-0.15, -0.1) is 0 Å². The lowest BCUT2D eigenvalue weighted by atomic mass is 9.73. The number of pyridine rings is 1. The second-order valence-electron chi connectivity index (χ2n) is 8.19. The van der Waals surface area contributed by atoms with E-state index >= 15 is 0 Å². The van der Waals surface area contributed by atoms with Gasteiger partial charge in [0, 0.05) is 44.1 Å². The van der Waals surface area contributed by atoms with Crippen molar-refractivity contribution in [1.29, 1.82) is 0 Å². The number of ether oxygens (including phenoxy) is 1. The first-order valence-electron chi connectivity index (χ1n) is 10.0. The van der Waals surface area contributed by atoms with Gasteiger partial charge in [-0.25, -0.2) is 4.68 Å². The quantitative estimate of drug-likeness (QED) is 0.748. The SMILES string of the molecule is c1cnn(-c2ccc3c(c2)COc2nc(N4CCC5(CC4)CNC5)ccc2-3)c1. The average molecular weight is 373 g/mol. The second-order valence-corrected chi connectivity index (χ2v) is 8.19. The van der Waals surface area contributed by atoms with Gasteiger partial charge in [0.2, 0.25) is 5.88 Å². The molecule has 2 saturated heterocycles. The summed E-state index contributed by atoms with van der Waals surface area (Å²) in [5.74, 6) is 1.79. The Kier molecular flexibility index (Phi) is 3.50. The summed E-state index contributed by atoms with van der Waals surface area (Å²) in [4.78, 5) is 7.28. The van der Waals surface area contributed by atoms with E-state index in [0.29, 0.717) is 12.0 Å². The maximum Gasteiger partial charge on any atom is 0.223 e. The molecule has 0 atom stereocenters. The first-order valence-corrected chi connectivity index (χ1v) is 10.0. The summed E-state index contributed by atoms with van der Waals surface area (Å²) in [7, 11) is 0. The van der Waals surface area contributed by atoms with Crippen LogP contribution in [-0.4, -0.2) is 40.9 Å². The molecule has 0 radical (unpaired) electrons. The van der Waals surface area contributed by atoms with E-state index in [1.807, 2.05) is 16.9 Å². The van der Waals surface area contributed by atoms with Gasteiger partial charge in [0.25, 0.3) is 0 Å². The Balaban J connectivity index is 1.28. The van der Waals surface area contributed by atoms with Crippen molar-refractivity contribution in [1.82, 2.24) is 20.1 Å². The lowest BCUT2D eigenvalue weighted by Crippen LogP contribution is -2.58. The summed E-state index contributed by atoms with van der Waals surface area (Å²) < 4.78 is 7.92. The van der Waals surface area contributed by atoms with Gasteiger partial charge in [-0.1, -0.05) is 6.07 Å². The lowest BCUT2D eigenvalue weighted by Gasteiger charge is -2.48. The van der Waals surface area contributed by atoms with Gasteiger partial charge in [-0.3, -0.25) is 0 Å². The highest BCUT2D eigenvalue weighted by molar-refractivity contribution is 5.75. The molecule has 3 aromatic rings. The van der Waals surface area contributed by atoms with E-state index in [1.54, 1.807) is 6.20 Å². The Morgan fingerprint density at radius 3 is 2.64 bits per heavy atom. The predicted octanol–water partition coefficient (Wildman–Crippen LogP) is 3.02. The van der Waals surface area contributed by atoms with Crippen LogP contribution in [0.2, 0.25) is 0 Å². The monoisotopic (exact) mass is 373 g/mol. The standard InChI is InChI=1S/C22H23N5O/c1-8-24-27(9-1)17-2-3-18-16(12-17)13-28-21-19(18)4-5-20(25-21)26-10-6-22(7-11-26)14-23-15-22/h1-5,8-9,12,23H,6-7,10-11,13-15H2. The van der Waals surface area contributed by atoms with Crippen LogP contribution in [0.3, 0.4) is 0 Å². The Morgan fingerprint density at radius 2 is 1.89 bits per heavy atom. The zero-order chi connectivity index (χ0) is 18.6. The first kappa shape index (κ1) is 16.1. The van der Waals surface area contributed by atoms with Gasteiger partial charge < -0.3 is 15.0 Å². The van der Waals surface area contributed by atoms with Gasteiger partial charge in [0.1, 0.15) is 12.4 Å². The van der Waals surface area contributed by atoms with Crippen molar-refractivity contribution in [3.8, 4) is 22.7 Å². The molecule has 6 nitrogen and oxygen atoms in total. The molecule has 0 unspecified atom stereocenters. The predicted molar refractivity (Wildman–Crippen MR) is 108 cm³/mol. The Bertz CT molecular complexity index is 1020. The van der Waals surface area contributed by atoms with Crippen LogP contribution in [0.15, 0.2) is 48.8 Å². The van der Waals surface area contributed by atoms with Crippen LogP contribution < -0.4 is 15.0 Å². The Labute approximate surface area is 164 Å². The van der Waals surface area contributed by atoms with E-state index in [0.717, 1.165) is 36.0 Å². The highest BCUT2D eigenvalue weighted by Gasteiger charge is 2.39. The molecule has 1 spiro atoms. The van der Waals surface area contributed by atoms with Gasteiger partial charge >= 0.3 is 0 Å². The highest BCUT2D eigenvalue weighted by atomic mass is 16.5. The number of hydrogen-bond donors (Lipinski definition) is 1. The van der Waals surface area contributed by atoms with Crippen molar-refractivity contribution >= 4 is 5.82 Å². The van der Waals surface area contributed by atoms with Gasteiger partial charge in [0.15, 0.2) is 0 Å². The first-order chi connectivity index (χ1) is 13.8. The molecule has 0 bridgehead atoms. The molecule has 0 saturated carbocycles. The molecule has 28 heavy (non-hydrogen) atoms. The topological polar surface area (TPSA) is 55.2 Å². The van der Waals surface area contributed by atoms with Crippen molar-refractivity contribution in [3.63, 3.8) is 0 Å².